The van der Waals surface area contributed by atoms with Gasteiger partial charge in [-0.05, 0) is 12.1 Å². The molecule has 0 aliphatic rings. The van der Waals surface area contributed by atoms with Gasteiger partial charge in [0.25, 0.3) is 10.2 Å². The molecule has 0 saturated carbocycles. The van der Waals surface area contributed by atoms with Crippen molar-refractivity contribution in [1.29, 1.82) is 0 Å². The Bertz CT molecular complexity index is 531. The molecule has 0 aromatic heterocycles. The summed E-state index contributed by atoms with van der Waals surface area (Å²) in [7, 11) is -3.92. The molecule has 0 unspecified atom stereocenters. The van der Waals surface area contributed by atoms with Crippen molar-refractivity contribution >= 4 is 22.2 Å². The van der Waals surface area contributed by atoms with E-state index in [1.165, 1.54) is 6.92 Å². The summed E-state index contributed by atoms with van der Waals surface area (Å²) >= 11 is 0. The summed E-state index contributed by atoms with van der Waals surface area (Å²) in [6.45, 7) is 1.65. The van der Waals surface area contributed by atoms with Gasteiger partial charge < -0.3 is 0 Å². The van der Waals surface area contributed by atoms with Crippen molar-refractivity contribution in [2.24, 2.45) is 0 Å². The van der Waals surface area contributed by atoms with Gasteiger partial charge in [-0.2, -0.15) is 13.1 Å². The number of benzene rings is 1. The van der Waals surface area contributed by atoms with E-state index in [1.54, 1.807) is 0 Å². The quantitative estimate of drug-likeness (QED) is 0.780. The molecule has 1 aromatic carbocycles. The van der Waals surface area contributed by atoms with Gasteiger partial charge in [-0.3, -0.25) is 9.52 Å². The lowest BCUT2D eigenvalue weighted by Crippen LogP contribution is -2.30. The fraction of sp³-hybridized carbons (Fsp3) is 0.222. The first-order valence-electron chi connectivity index (χ1n) is 4.62. The number of aldehydes is 1. The number of halogens is 2. The van der Waals surface area contributed by atoms with Crippen LogP contribution in [0.1, 0.15) is 17.3 Å². The van der Waals surface area contributed by atoms with E-state index in [4.69, 9.17) is 0 Å². The number of nitrogens with one attached hydrogen (secondary N) is 2. The Kier molecular flexibility index (Phi) is 4.13. The molecule has 0 fully saturated rings. The maximum atomic E-state index is 13.5. The van der Waals surface area contributed by atoms with Gasteiger partial charge >= 0.3 is 0 Å². The smallest absolute Gasteiger partial charge is 0.298 e. The van der Waals surface area contributed by atoms with Crippen molar-refractivity contribution in [1.82, 2.24) is 4.72 Å². The first kappa shape index (κ1) is 13.5. The van der Waals surface area contributed by atoms with Crippen molar-refractivity contribution in [3.63, 3.8) is 0 Å². The topological polar surface area (TPSA) is 75.3 Å². The fourth-order valence-electron chi connectivity index (χ4n) is 1.13. The molecular formula is C9H10F2N2O3S. The zero-order chi connectivity index (χ0) is 13.1. The first-order chi connectivity index (χ1) is 7.91. The van der Waals surface area contributed by atoms with E-state index >= 15 is 0 Å². The Balaban J connectivity index is 3.13. The highest BCUT2D eigenvalue weighted by Gasteiger charge is 2.16. The van der Waals surface area contributed by atoms with Gasteiger partial charge in [-0.25, -0.2) is 8.78 Å². The zero-order valence-electron chi connectivity index (χ0n) is 8.83. The fourth-order valence-corrected chi connectivity index (χ4v) is 2.03. The average molecular weight is 264 g/mol. The molecule has 1 aromatic rings. The second-order valence-electron chi connectivity index (χ2n) is 3.04. The SMILES string of the molecule is CCNS(=O)(=O)Nc1ccc(F)c(C=O)c1F. The molecular weight excluding hydrogens is 254 g/mol. The summed E-state index contributed by atoms with van der Waals surface area (Å²) in [5, 5.41) is 0. The molecule has 8 heteroatoms. The second-order valence-corrected chi connectivity index (χ2v) is 4.54. The van der Waals surface area contributed by atoms with Crippen LogP contribution in [0.5, 0.6) is 0 Å². The minimum Gasteiger partial charge on any atom is -0.298 e. The molecule has 94 valence electrons. The monoisotopic (exact) mass is 264 g/mol. The van der Waals surface area contributed by atoms with Crippen LogP contribution in [-0.4, -0.2) is 21.2 Å². The predicted molar refractivity (Wildman–Crippen MR) is 58.0 cm³/mol. The maximum Gasteiger partial charge on any atom is 0.299 e. The Hall–Kier alpha value is -1.54. The predicted octanol–water partition coefficient (Wildman–Crippen LogP) is 1.04. The van der Waals surface area contributed by atoms with Crippen molar-refractivity contribution in [2.45, 2.75) is 6.92 Å². The normalized spacial score (nSPS) is 11.2. The highest BCUT2D eigenvalue weighted by molar-refractivity contribution is 7.90. The van der Waals surface area contributed by atoms with Gasteiger partial charge in [0.15, 0.2) is 12.1 Å². The van der Waals surface area contributed by atoms with Crippen LogP contribution in [0.25, 0.3) is 0 Å². The lowest BCUT2D eigenvalue weighted by molar-refractivity contribution is 0.111. The molecule has 0 radical (unpaired) electrons. The third-order valence-corrected chi connectivity index (χ3v) is 2.98. The van der Waals surface area contributed by atoms with E-state index in [0.29, 0.717) is 0 Å². The van der Waals surface area contributed by atoms with Gasteiger partial charge in [0, 0.05) is 6.54 Å². The number of carbonyl (C=O) groups excluding carboxylic acids is 1. The van der Waals surface area contributed by atoms with Crippen LogP contribution in [0.2, 0.25) is 0 Å². The van der Waals surface area contributed by atoms with E-state index in [9.17, 15) is 22.0 Å². The molecule has 5 nitrogen and oxygen atoms in total. The molecule has 0 bridgehead atoms. The van der Waals surface area contributed by atoms with Gasteiger partial charge in [-0.1, -0.05) is 6.92 Å². The van der Waals surface area contributed by atoms with Gasteiger partial charge in [0.05, 0.1) is 11.3 Å². The minimum atomic E-state index is -3.92. The van der Waals surface area contributed by atoms with Crippen LogP contribution in [-0.2, 0) is 10.2 Å². The van der Waals surface area contributed by atoms with Crippen LogP contribution in [0, 0.1) is 11.6 Å². The summed E-state index contributed by atoms with van der Waals surface area (Å²) in [4.78, 5) is 10.4. The van der Waals surface area contributed by atoms with Gasteiger partial charge in [0.1, 0.15) is 5.82 Å². The molecule has 0 spiro atoms. The van der Waals surface area contributed by atoms with Crippen molar-refractivity contribution < 1.29 is 22.0 Å². The van der Waals surface area contributed by atoms with Crippen LogP contribution < -0.4 is 9.44 Å². The zero-order valence-corrected chi connectivity index (χ0v) is 9.64. The third kappa shape index (κ3) is 3.21. The third-order valence-electron chi connectivity index (χ3n) is 1.82. The van der Waals surface area contributed by atoms with Crippen molar-refractivity contribution in [2.75, 3.05) is 11.3 Å². The summed E-state index contributed by atoms with van der Waals surface area (Å²) in [5.41, 5.74) is -1.31. The molecule has 0 atom stereocenters. The van der Waals surface area contributed by atoms with Crippen LogP contribution in [0.3, 0.4) is 0 Å². The highest BCUT2D eigenvalue weighted by atomic mass is 32.2. The Labute approximate surface area is 97.0 Å². The van der Waals surface area contributed by atoms with Crippen molar-refractivity contribution in [3.8, 4) is 0 Å². The number of carbonyl (C=O) groups is 1. The first-order valence-corrected chi connectivity index (χ1v) is 6.10. The molecule has 1 rings (SSSR count). The molecule has 0 heterocycles. The number of hydrogen-bond donors (Lipinski definition) is 2. The Morgan fingerprint density at radius 1 is 1.35 bits per heavy atom. The molecule has 0 aliphatic heterocycles. The van der Waals surface area contributed by atoms with Gasteiger partial charge in [0.2, 0.25) is 0 Å². The summed E-state index contributed by atoms with van der Waals surface area (Å²) < 4.78 is 52.9. The molecule has 2 N–H and O–H groups in total. The number of rotatable bonds is 5. The molecule has 0 aliphatic carbocycles. The summed E-state index contributed by atoms with van der Waals surface area (Å²) in [6.07, 6.45) is -0.0181. The van der Waals surface area contributed by atoms with E-state index in [-0.39, 0.29) is 12.8 Å². The summed E-state index contributed by atoms with van der Waals surface area (Å²) in [5.74, 6) is -2.30. The summed E-state index contributed by atoms with van der Waals surface area (Å²) in [6, 6.07) is 1.70. The molecule has 0 amide bonds. The van der Waals surface area contributed by atoms with Crippen molar-refractivity contribution in [3.05, 3.63) is 29.3 Å². The van der Waals surface area contributed by atoms with E-state index < -0.39 is 33.1 Å². The lowest BCUT2D eigenvalue weighted by Gasteiger charge is -2.09. The molecule has 0 saturated heterocycles. The highest BCUT2D eigenvalue weighted by Crippen LogP contribution is 2.20. The van der Waals surface area contributed by atoms with E-state index in [0.717, 1.165) is 12.1 Å². The number of anilines is 1. The second kappa shape index (κ2) is 5.19. The average Bonchev–Trinajstić information content (AvgIpc) is 2.23. The maximum absolute atomic E-state index is 13.5. The number of hydrogen-bond acceptors (Lipinski definition) is 3. The molecule has 17 heavy (non-hydrogen) atoms. The standard InChI is InChI=1S/C9H10F2N2O3S/c1-2-12-17(15,16)13-8-4-3-7(10)6(5-14)9(8)11/h3-5,12-13H,2H2,1H3. The van der Waals surface area contributed by atoms with Crippen LogP contribution in [0.15, 0.2) is 12.1 Å². The van der Waals surface area contributed by atoms with Crippen LogP contribution in [0.4, 0.5) is 14.5 Å². The van der Waals surface area contributed by atoms with Crippen LogP contribution >= 0.6 is 0 Å². The van der Waals surface area contributed by atoms with Gasteiger partial charge in [-0.15, -0.1) is 0 Å². The lowest BCUT2D eigenvalue weighted by atomic mass is 10.2. The Morgan fingerprint density at radius 3 is 2.53 bits per heavy atom. The minimum absolute atomic E-state index is 0.0181. The van der Waals surface area contributed by atoms with E-state index in [2.05, 4.69) is 4.72 Å². The van der Waals surface area contributed by atoms with E-state index in [1.807, 2.05) is 4.72 Å². The Morgan fingerprint density at radius 2 is 2.00 bits per heavy atom. The largest absolute Gasteiger partial charge is 0.299 e.